The molecule has 6 heteroatoms. The van der Waals surface area contributed by atoms with Crippen LogP contribution in [0, 0.1) is 15.9 Å². The molecule has 2 rings (SSSR count). The Bertz CT molecular complexity index is 419. The van der Waals surface area contributed by atoms with Gasteiger partial charge in [0.15, 0.2) is 0 Å². The number of piperidine rings is 1. The molecule has 0 unspecified atom stereocenters. The Labute approximate surface area is 98.2 Å². The number of nitrogens with one attached hydrogen (secondary N) is 2. The van der Waals surface area contributed by atoms with E-state index >= 15 is 0 Å². The maximum absolute atomic E-state index is 13.1. The van der Waals surface area contributed by atoms with Crippen LogP contribution in [0.4, 0.5) is 15.8 Å². The molecule has 0 atom stereocenters. The standard InChI is InChI=1S/C11H14FN3O2/c12-8-1-2-11(15(16)17)10(7-8)14-9-3-5-13-6-4-9/h1-2,7,9,13-14H,3-6H2. The summed E-state index contributed by atoms with van der Waals surface area (Å²) in [5.41, 5.74) is 0.187. The lowest BCUT2D eigenvalue weighted by molar-refractivity contribution is -0.384. The summed E-state index contributed by atoms with van der Waals surface area (Å²) < 4.78 is 13.1. The van der Waals surface area contributed by atoms with E-state index in [9.17, 15) is 14.5 Å². The van der Waals surface area contributed by atoms with Gasteiger partial charge in [-0.05, 0) is 32.0 Å². The summed E-state index contributed by atoms with van der Waals surface area (Å²) in [4.78, 5) is 10.3. The highest BCUT2D eigenvalue weighted by Gasteiger charge is 2.19. The SMILES string of the molecule is O=[N+]([O-])c1ccc(F)cc1NC1CCNCC1. The van der Waals surface area contributed by atoms with E-state index < -0.39 is 10.7 Å². The first-order chi connectivity index (χ1) is 8.16. The molecule has 1 aliphatic rings. The number of nitro benzene ring substituents is 1. The van der Waals surface area contributed by atoms with Gasteiger partial charge in [0.1, 0.15) is 11.5 Å². The van der Waals surface area contributed by atoms with Crippen LogP contribution < -0.4 is 10.6 Å². The number of benzene rings is 1. The van der Waals surface area contributed by atoms with Gasteiger partial charge in [-0.3, -0.25) is 10.1 Å². The summed E-state index contributed by atoms with van der Waals surface area (Å²) in [6.07, 6.45) is 1.77. The van der Waals surface area contributed by atoms with Crippen molar-refractivity contribution in [2.45, 2.75) is 18.9 Å². The molecule has 1 aromatic rings. The Hall–Kier alpha value is -1.69. The second kappa shape index (κ2) is 5.09. The van der Waals surface area contributed by atoms with Gasteiger partial charge in [0.25, 0.3) is 5.69 Å². The summed E-state index contributed by atoms with van der Waals surface area (Å²) >= 11 is 0. The quantitative estimate of drug-likeness (QED) is 0.624. The fraction of sp³-hybridized carbons (Fsp3) is 0.455. The number of halogens is 1. The summed E-state index contributed by atoms with van der Waals surface area (Å²) in [6, 6.07) is 3.64. The molecule has 92 valence electrons. The first kappa shape index (κ1) is 11.8. The van der Waals surface area contributed by atoms with Crippen molar-refractivity contribution in [1.29, 1.82) is 0 Å². The number of nitro groups is 1. The lowest BCUT2D eigenvalue weighted by Gasteiger charge is -2.24. The maximum Gasteiger partial charge on any atom is 0.292 e. The molecule has 2 N–H and O–H groups in total. The van der Waals surface area contributed by atoms with E-state index in [2.05, 4.69) is 10.6 Å². The van der Waals surface area contributed by atoms with Gasteiger partial charge in [-0.25, -0.2) is 4.39 Å². The fourth-order valence-corrected chi connectivity index (χ4v) is 1.97. The number of nitrogens with zero attached hydrogens (tertiary/aromatic N) is 1. The van der Waals surface area contributed by atoms with Gasteiger partial charge in [0.2, 0.25) is 0 Å². The van der Waals surface area contributed by atoms with Crippen LogP contribution in [0.25, 0.3) is 0 Å². The summed E-state index contributed by atoms with van der Waals surface area (Å²) in [6.45, 7) is 1.75. The van der Waals surface area contributed by atoms with E-state index in [1.165, 1.54) is 12.1 Å². The average molecular weight is 239 g/mol. The lowest BCUT2D eigenvalue weighted by atomic mass is 10.1. The zero-order chi connectivity index (χ0) is 12.3. The van der Waals surface area contributed by atoms with Gasteiger partial charge in [-0.2, -0.15) is 0 Å². The van der Waals surface area contributed by atoms with Gasteiger partial charge >= 0.3 is 0 Å². The van der Waals surface area contributed by atoms with Crippen molar-refractivity contribution < 1.29 is 9.31 Å². The molecule has 0 aliphatic carbocycles. The highest BCUT2D eigenvalue weighted by molar-refractivity contribution is 5.61. The Balaban J connectivity index is 2.17. The van der Waals surface area contributed by atoms with Gasteiger partial charge in [0, 0.05) is 18.2 Å². The minimum absolute atomic E-state index is 0.0788. The first-order valence-electron chi connectivity index (χ1n) is 5.58. The zero-order valence-electron chi connectivity index (χ0n) is 9.28. The van der Waals surface area contributed by atoms with E-state index in [1.807, 2.05) is 0 Å². The molecule has 0 radical (unpaired) electrons. The molecule has 17 heavy (non-hydrogen) atoms. The predicted molar refractivity (Wildman–Crippen MR) is 62.6 cm³/mol. The second-order valence-electron chi connectivity index (χ2n) is 4.09. The van der Waals surface area contributed by atoms with Crippen molar-refractivity contribution >= 4 is 11.4 Å². The van der Waals surface area contributed by atoms with E-state index in [-0.39, 0.29) is 17.4 Å². The van der Waals surface area contributed by atoms with Crippen molar-refractivity contribution in [1.82, 2.24) is 5.32 Å². The van der Waals surface area contributed by atoms with Crippen LogP contribution in [0.5, 0.6) is 0 Å². The van der Waals surface area contributed by atoms with Gasteiger partial charge in [0.05, 0.1) is 4.92 Å². The predicted octanol–water partition coefficient (Wildman–Crippen LogP) is 1.90. The van der Waals surface area contributed by atoms with Crippen LogP contribution in [0.2, 0.25) is 0 Å². The van der Waals surface area contributed by atoms with Gasteiger partial charge in [-0.15, -0.1) is 0 Å². The number of hydrogen-bond acceptors (Lipinski definition) is 4. The molecule has 1 saturated heterocycles. The number of rotatable bonds is 3. The van der Waals surface area contributed by atoms with Crippen molar-refractivity contribution in [3.63, 3.8) is 0 Å². The Morgan fingerprint density at radius 2 is 2.12 bits per heavy atom. The van der Waals surface area contributed by atoms with Crippen molar-refractivity contribution in [2.24, 2.45) is 0 Å². The Morgan fingerprint density at radius 1 is 1.41 bits per heavy atom. The van der Waals surface area contributed by atoms with Crippen molar-refractivity contribution in [3.05, 3.63) is 34.1 Å². The lowest BCUT2D eigenvalue weighted by Crippen LogP contribution is -2.35. The molecular formula is C11H14FN3O2. The Morgan fingerprint density at radius 3 is 2.76 bits per heavy atom. The van der Waals surface area contributed by atoms with Crippen LogP contribution >= 0.6 is 0 Å². The molecule has 1 aromatic carbocycles. The maximum atomic E-state index is 13.1. The van der Waals surface area contributed by atoms with Crippen LogP contribution in [0.15, 0.2) is 18.2 Å². The van der Waals surface area contributed by atoms with E-state index in [0.717, 1.165) is 32.0 Å². The molecule has 1 heterocycles. The molecular weight excluding hydrogens is 225 g/mol. The third kappa shape index (κ3) is 2.91. The second-order valence-corrected chi connectivity index (χ2v) is 4.09. The monoisotopic (exact) mass is 239 g/mol. The highest BCUT2D eigenvalue weighted by Crippen LogP contribution is 2.26. The molecule has 0 bridgehead atoms. The molecule has 1 aliphatic heterocycles. The Kier molecular flexibility index (Phi) is 3.53. The minimum atomic E-state index is -0.497. The summed E-state index contributed by atoms with van der Waals surface area (Å²) in [7, 11) is 0. The third-order valence-electron chi connectivity index (χ3n) is 2.85. The first-order valence-corrected chi connectivity index (χ1v) is 5.58. The van der Waals surface area contributed by atoms with Crippen molar-refractivity contribution in [2.75, 3.05) is 18.4 Å². The topological polar surface area (TPSA) is 67.2 Å². The largest absolute Gasteiger partial charge is 0.377 e. The summed E-state index contributed by atoms with van der Waals surface area (Å²) in [5.74, 6) is -0.466. The molecule has 5 nitrogen and oxygen atoms in total. The minimum Gasteiger partial charge on any atom is -0.377 e. The van der Waals surface area contributed by atoms with E-state index in [4.69, 9.17) is 0 Å². The van der Waals surface area contributed by atoms with Gasteiger partial charge in [-0.1, -0.05) is 0 Å². The zero-order valence-corrected chi connectivity index (χ0v) is 9.28. The average Bonchev–Trinajstić information content (AvgIpc) is 2.30. The highest BCUT2D eigenvalue weighted by atomic mass is 19.1. The fourth-order valence-electron chi connectivity index (χ4n) is 1.97. The molecule has 0 amide bonds. The normalized spacial score (nSPS) is 16.8. The molecule has 0 spiro atoms. The molecule has 0 aromatic heterocycles. The van der Waals surface area contributed by atoms with Crippen molar-refractivity contribution in [3.8, 4) is 0 Å². The number of anilines is 1. The van der Waals surface area contributed by atoms with Crippen LogP contribution in [-0.2, 0) is 0 Å². The van der Waals surface area contributed by atoms with Crippen LogP contribution in [0.3, 0.4) is 0 Å². The number of hydrogen-bond donors (Lipinski definition) is 2. The smallest absolute Gasteiger partial charge is 0.292 e. The molecule has 1 fully saturated rings. The van der Waals surface area contributed by atoms with E-state index in [1.54, 1.807) is 0 Å². The van der Waals surface area contributed by atoms with Gasteiger partial charge < -0.3 is 10.6 Å². The molecule has 0 saturated carbocycles. The van der Waals surface area contributed by atoms with Crippen LogP contribution in [-0.4, -0.2) is 24.1 Å². The third-order valence-corrected chi connectivity index (χ3v) is 2.85. The van der Waals surface area contributed by atoms with E-state index in [0.29, 0.717) is 0 Å². The van der Waals surface area contributed by atoms with Crippen LogP contribution in [0.1, 0.15) is 12.8 Å². The summed E-state index contributed by atoms with van der Waals surface area (Å²) in [5, 5.41) is 17.1.